The lowest BCUT2D eigenvalue weighted by atomic mass is 9.76. The van der Waals surface area contributed by atoms with Crippen LogP contribution in [0.2, 0.25) is 0 Å². The van der Waals surface area contributed by atoms with E-state index in [-0.39, 0.29) is 11.0 Å². The lowest BCUT2D eigenvalue weighted by molar-refractivity contribution is -0.00694. The van der Waals surface area contributed by atoms with Crippen LogP contribution in [0.25, 0.3) is 0 Å². The maximum absolute atomic E-state index is 6.50. The third kappa shape index (κ3) is 4.05. The summed E-state index contributed by atoms with van der Waals surface area (Å²) in [5.74, 6) is 0.511. The first-order valence-electron chi connectivity index (χ1n) is 6.80. The van der Waals surface area contributed by atoms with Crippen LogP contribution in [0.4, 0.5) is 0 Å². The van der Waals surface area contributed by atoms with E-state index in [4.69, 9.17) is 16.0 Å². The van der Waals surface area contributed by atoms with Crippen LogP contribution in [0.15, 0.2) is 0 Å². The molecular weight excluding hydrogens is 236 g/mol. The summed E-state index contributed by atoms with van der Waals surface area (Å²) < 4.78 is 6.05. The molecule has 0 radical (unpaired) electrons. The standard InChI is InChI=1S/C13H29ClOSi/c1-5-9-13(15-16,10-6-2)11(7-3)12(14)8-4/h11-12H,5-10H2,1-4,16H3. The molecule has 98 valence electrons. The molecule has 0 heterocycles. The normalized spacial score (nSPS) is 16.3. The van der Waals surface area contributed by atoms with Gasteiger partial charge in [-0.2, -0.15) is 0 Å². The highest BCUT2D eigenvalue weighted by atomic mass is 35.5. The molecule has 0 fully saturated rings. The van der Waals surface area contributed by atoms with Crippen LogP contribution in [0.3, 0.4) is 0 Å². The molecule has 0 aromatic carbocycles. The Morgan fingerprint density at radius 2 is 1.56 bits per heavy atom. The van der Waals surface area contributed by atoms with Crippen molar-refractivity contribution in [1.82, 2.24) is 0 Å². The molecule has 0 bridgehead atoms. The van der Waals surface area contributed by atoms with Gasteiger partial charge >= 0.3 is 0 Å². The first-order chi connectivity index (χ1) is 7.61. The largest absolute Gasteiger partial charge is 0.422 e. The molecule has 0 aromatic rings. The van der Waals surface area contributed by atoms with Crippen LogP contribution in [-0.4, -0.2) is 21.5 Å². The molecule has 1 nitrogen and oxygen atoms in total. The Hall–Kier alpha value is 0.467. The van der Waals surface area contributed by atoms with Crippen LogP contribution in [0.5, 0.6) is 0 Å². The molecule has 0 aliphatic rings. The average Bonchev–Trinajstić information content (AvgIpc) is 2.29. The van der Waals surface area contributed by atoms with Crippen molar-refractivity contribution in [2.45, 2.75) is 77.2 Å². The second kappa shape index (κ2) is 8.54. The smallest absolute Gasteiger partial charge is 0.146 e. The van der Waals surface area contributed by atoms with Gasteiger partial charge in [0, 0.05) is 11.3 Å². The summed E-state index contributed by atoms with van der Waals surface area (Å²) in [5, 5.41) is 0.261. The Labute approximate surface area is 110 Å². The summed E-state index contributed by atoms with van der Waals surface area (Å²) in [7, 11) is 0.817. The van der Waals surface area contributed by atoms with E-state index in [0.29, 0.717) is 5.92 Å². The first-order valence-corrected chi connectivity index (χ1v) is 8.06. The monoisotopic (exact) mass is 264 g/mol. The predicted molar refractivity (Wildman–Crippen MR) is 77.3 cm³/mol. The molecule has 0 saturated carbocycles. The lowest BCUT2D eigenvalue weighted by Gasteiger charge is -2.42. The van der Waals surface area contributed by atoms with Gasteiger partial charge in [0.2, 0.25) is 0 Å². The molecule has 0 amide bonds. The third-order valence-corrected chi connectivity index (χ3v) is 5.12. The Morgan fingerprint density at radius 1 is 1.06 bits per heavy atom. The van der Waals surface area contributed by atoms with E-state index in [1.807, 2.05) is 0 Å². The highest BCUT2D eigenvalue weighted by Crippen LogP contribution is 2.38. The number of hydrogen-bond acceptors (Lipinski definition) is 1. The fourth-order valence-corrected chi connectivity index (χ4v) is 4.06. The van der Waals surface area contributed by atoms with E-state index in [2.05, 4.69) is 27.7 Å². The van der Waals surface area contributed by atoms with Crippen molar-refractivity contribution in [2.75, 3.05) is 0 Å². The maximum atomic E-state index is 6.50. The minimum Gasteiger partial charge on any atom is -0.422 e. The van der Waals surface area contributed by atoms with Gasteiger partial charge < -0.3 is 4.43 Å². The SMILES string of the molecule is CCCC(CCC)(O[SiH3])C(CC)C(Cl)CC. The van der Waals surface area contributed by atoms with Crippen molar-refractivity contribution >= 4 is 22.1 Å². The van der Waals surface area contributed by atoms with Crippen molar-refractivity contribution in [2.24, 2.45) is 5.92 Å². The van der Waals surface area contributed by atoms with E-state index in [0.717, 1.165) is 36.2 Å². The summed E-state index contributed by atoms with van der Waals surface area (Å²) in [6.45, 7) is 8.91. The Balaban J connectivity index is 4.91. The van der Waals surface area contributed by atoms with Crippen LogP contribution < -0.4 is 0 Å². The van der Waals surface area contributed by atoms with Gasteiger partial charge in [-0.25, -0.2) is 0 Å². The average molecular weight is 265 g/mol. The van der Waals surface area contributed by atoms with Crippen LogP contribution in [0, 0.1) is 5.92 Å². The van der Waals surface area contributed by atoms with Crippen LogP contribution >= 0.6 is 11.6 Å². The highest BCUT2D eigenvalue weighted by molar-refractivity contribution is 6.20. The number of rotatable bonds is 9. The molecular formula is C13H29ClOSi. The fourth-order valence-electron chi connectivity index (χ4n) is 2.94. The van der Waals surface area contributed by atoms with E-state index in [9.17, 15) is 0 Å². The molecule has 2 unspecified atom stereocenters. The van der Waals surface area contributed by atoms with Gasteiger partial charge in [-0.15, -0.1) is 11.6 Å². The van der Waals surface area contributed by atoms with Crippen molar-refractivity contribution in [3.8, 4) is 0 Å². The highest BCUT2D eigenvalue weighted by Gasteiger charge is 2.38. The van der Waals surface area contributed by atoms with Gasteiger partial charge in [0.15, 0.2) is 0 Å². The minimum atomic E-state index is 0.0624. The zero-order chi connectivity index (χ0) is 12.6. The zero-order valence-corrected chi connectivity index (χ0v) is 14.4. The van der Waals surface area contributed by atoms with Crippen LogP contribution in [0.1, 0.15) is 66.2 Å². The van der Waals surface area contributed by atoms with Gasteiger partial charge in [0.25, 0.3) is 0 Å². The quantitative estimate of drug-likeness (QED) is 0.456. The molecule has 0 saturated heterocycles. The molecule has 0 rings (SSSR count). The summed E-state index contributed by atoms with van der Waals surface area (Å²) in [4.78, 5) is 0. The number of alkyl halides is 1. The molecule has 0 N–H and O–H groups in total. The van der Waals surface area contributed by atoms with Crippen molar-refractivity contribution in [1.29, 1.82) is 0 Å². The van der Waals surface area contributed by atoms with E-state index < -0.39 is 0 Å². The van der Waals surface area contributed by atoms with E-state index in [1.165, 1.54) is 12.8 Å². The first kappa shape index (κ1) is 16.5. The summed E-state index contributed by atoms with van der Waals surface area (Å²) in [6.07, 6.45) is 6.86. The molecule has 3 heteroatoms. The minimum absolute atomic E-state index is 0.0624. The third-order valence-electron chi connectivity index (χ3n) is 3.70. The molecule has 2 atom stereocenters. The molecule has 0 aliphatic heterocycles. The Bertz CT molecular complexity index is 169. The topological polar surface area (TPSA) is 9.23 Å². The lowest BCUT2D eigenvalue weighted by Crippen LogP contribution is -2.44. The fraction of sp³-hybridized carbons (Fsp3) is 1.00. The molecule has 0 aromatic heterocycles. The van der Waals surface area contributed by atoms with Gasteiger partial charge in [-0.05, 0) is 25.7 Å². The maximum Gasteiger partial charge on any atom is 0.146 e. The van der Waals surface area contributed by atoms with Crippen molar-refractivity contribution in [3.63, 3.8) is 0 Å². The van der Waals surface area contributed by atoms with Crippen molar-refractivity contribution in [3.05, 3.63) is 0 Å². The van der Waals surface area contributed by atoms with Gasteiger partial charge in [-0.3, -0.25) is 0 Å². The predicted octanol–water partition coefficient (Wildman–Crippen LogP) is 3.67. The molecule has 0 spiro atoms. The Kier molecular flexibility index (Phi) is 8.79. The number of hydrogen-bond donors (Lipinski definition) is 0. The molecule has 16 heavy (non-hydrogen) atoms. The second-order valence-corrected chi connectivity index (χ2v) is 5.68. The summed E-state index contributed by atoms with van der Waals surface area (Å²) in [6, 6.07) is 0. The van der Waals surface area contributed by atoms with Gasteiger partial charge in [-0.1, -0.05) is 40.5 Å². The summed E-state index contributed by atoms with van der Waals surface area (Å²) in [5.41, 5.74) is 0.0624. The van der Waals surface area contributed by atoms with Crippen molar-refractivity contribution < 1.29 is 4.43 Å². The summed E-state index contributed by atoms with van der Waals surface area (Å²) >= 11 is 6.50. The Morgan fingerprint density at radius 3 is 1.81 bits per heavy atom. The van der Waals surface area contributed by atoms with E-state index >= 15 is 0 Å². The second-order valence-electron chi connectivity index (χ2n) is 4.71. The van der Waals surface area contributed by atoms with Crippen LogP contribution in [-0.2, 0) is 4.43 Å². The zero-order valence-electron chi connectivity index (χ0n) is 11.7. The number of halogens is 1. The van der Waals surface area contributed by atoms with Gasteiger partial charge in [0.05, 0.1) is 5.60 Å². The van der Waals surface area contributed by atoms with Gasteiger partial charge in [0.1, 0.15) is 10.5 Å². The molecule has 0 aliphatic carbocycles. The van der Waals surface area contributed by atoms with E-state index in [1.54, 1.807) is 0 Å².